The molecule has 1 aliphatic carbocycles. The molecule has 0 fully saturated rings. The first-order valence-corrected chi connectivity index (χ1v) is 8.27. The van der Waals surface area contributed by atoms with Gasteiger partial charge in [0.1, 0.15) is 0 Å². The average molecular weight is 342 g/mol. The minimum Gasteiger partial charge on any atom is -0.144 e. The highest BCUT2D eigenvalue weighted by atomic mass is 79.9. The molecule has 1 aliphatic rings. The molecule has 0 bridgehead atoms. The van der Waals surface area contributed by atoms with Crippen LogP contribution >= 0.6 is 38.9 Å². The van der Waals surface area contributed by atoms with Crippen LogP contribution in [0.2, 0.25) is 0 Å². The molecule has 1 aromatic heterocycles. The molecule has 3 rings (SSSR count). The molecule has 0 nitrogen and oxygen atoms in total. The number of hydrogen-bond acceptors (Lipinski definition) is 1. The third kappa shape index (κ3) is 2.66. The molecule has 0 saturated carbocycles. The maximum Gasteiger partial charge on any atom is 0.0719 e. The third-order valence-corrected chi connectivity index (χ3v) is 5.74. The summed E-state index contributed by atoms with van der Waals surface area (Å²) in [6.45, 7) is 0. The van der Waals surface area contributed by atoms with E-state index in [1.807, 2.05) is 17.4 Å². The van der Waals surface area contributed by atoms with Crippen molar-refractivity contribution in [1.29, 1.82) is 0 Å². The predicted molar refractivity (Wildman–Crippen MR) is 82.8 cm³/mol. The first-order valence-electron chi connectivity index (χ1n) is 6.22. The largest absolute Gasteiger partial charge is 0.144 e. The van der Waals surface area contributed by atoms with Gasteiger partial charge in [-0.3, -0.25) is 0 Å². The Labute approximate surface area is 125 Å². The van der Waals surface area contributed by atoms with Crippen LogP contribution in [0.25, 0.3) is 0 Å². The van der Waals surface area contributed by atoms with Crippen LogP contribution in [-0.4, -0.2) is 0 Å². The van der Waals surface area contributed by atoms with Crippen LogP contribution in [0.3, 0.4) is 0 Å². The van der Waals surface area contributed by atoms with Crippen LogP contribution in [0.1, 0.15) is 32.7 Å². The molecule has 1 atom stereocenters. The number of hydrogen-bond donors (Lipinski definition) is 0. The van der Waals surface area contributed by atoms with Crippen molar-refractivity contribution >= 4 is 38.9 Å². The van der Waals surface area contributed by atoms with Gasteiger partial charge in [-0.05, 0) is 55.0 Å². The number of alkyl halides is 1. The van der Waals surface area contributed by atoms with E-state index in [0.717, 1.165) is 10.9 Å². The number of aryl methyl sites for hydroxylation is 2. The van der Waals surface area contributed by atoms with Crippen LogP contribution < -0.4 is 0 Å². The Balaban J connectivity index is 1.76. The number of benzene rings is 1. The Morgan fingerprint density at radius 3 is 2.94 bits per heavy atom. The monoisotopic (exact) mass is 340 g/mol. The third-order valence-electron chi connectivity index (χ3n) is 3.38. The van der Waals surface area contributed by atoms with Gasteiger partial charge in [-0.25, -0.2) is 0 Å². The van der Waals surface area contributed by atoms with Gasteiger partial charge in [-0.2, -0.15) is 0 Å². The number of thiophene rings is 1. The van der Waals surface area contributed by atoms with Gasteiger partial charge >= 0.3 is 0 Å². The Bertz CT molecular complexity index is 540. The Morgan fingerprint density at radius 2 is 2.17 bits per heavy atom. The van der Waals surface area contributed by atoms with Crippen molar-refractivity contribution in [3.8, 4) is 0 Å². The Morgan fingerprint density at radius 1 is 1.28 bits per heavy atom. The molecule has 0 radical (unpaired) electrons. The molecule has 1 heterocycles. The van der Waals surface area contributed by atoms with Gasteiger partial charge in [0.05, 0.1) is 5.38 Å². The summed E-state index contributed by atoms with van der Waals surface area (Å²) in [5.41, 5.74) is 2.83. The van der Waals surface area contributed by atoms with Crippen molar-refractivity contribution in [3.05, 3.63) is 55.7 Å². The second-order valence-electron chi connectivity index (χ2n) is 4.75. The van der Waals surface area contributed by atoms with E-state index in [0.29, 0.717) is 0 Å². The molecule has 18 heavy (non-hydrogen) atoms. The highest BCUT2D eigenvalue weighted by Gasteiger charge is 2.19. The number of rotatable bonds is 3. The quantitative estimate of drug-likeness (QED) is 0.645. The summed E-state index contributed by atoms with van der Waals surface area (Å²) in [6.07, 6.45) is 4.72. The molecule has 94 valence electrons. The van der Waals surface area contributed by atoms with Crippen LogP contribution in [0.5, 0.6) is 0 Å². The lowest BCUT2D eigenvalue weighted by Crippen LogP contribution is -1.93. The molecule has 0 spiro atoms. The first kappa shape index (κ1) is 12.7. The summed E-state index contributed by atoms with van der Waals surface area (Å²) < 4.78 is 1.12. The maximum absolute atomic E-state index is 6.55. The summed E-state index contributed by atoms with van der Waals surface area (Å²) in [5.74, 6) is 0. The molecular weight excluding hydrogens is 328 g/mol. The van der Waals surface area contributed by atoms with Gasteiger partial charge in [0.25, 0.3) is 0 Å². The van der Waals surface area contributed by atoms with E-state index in [4.69, 9.17) is 11.6 Å². The molecule has 1 aromatic carbocycles. The highest BCUT2D eigenvalue weighted by molar-refractivity contribution is 9.10. The van der Waals surface area contributed by atoms with Crippen LogP contribution in [0, 0.1) is 0 Å². The Hall–Kier alpha value is -0.310. The second kappa shape index (κ2) is 5.36. The zero-order valence-electron chi connectivity index (χ0n) is 9.96. The zero-order chi connectivity index (χ0) is 12.5. The van der Waals surface area contributed by atoms with Crippen LogP contribution in [0.15, 0.2) is 34.8 Å². The summed E-state index contributed by atoms with van der Waals surface area (Å²) in [4.78, 5) is 2.89. The molecule has 1 unspecified atom stereocenters. The average Bonchev–Trinajstić information content (AvgIpc) is 2.88. The number of fused-ring (bicyclic) bond motifs is 1. The molecule has 0 N–H and O–H groups in total. The van der Waals surface area contributed by atoms with Crippen molar-refractivity contribution in [3.63, 3.8) is 0 Å². The highest BCUT2D eigenvalue weighted by Crippen LogP contribution is 2.37. The lowest BCUT2D eigenvalue weighted by molar-refractivity contribution is 0.905. The Kier molecular flexibility index (Phi) is 3.78. The minimum absolute atomic E-state index is 0.106. The summed E-state index contributed by atoms with van der Waals surface area (Å²) in [7, 11) is 0. The molecule has 3 heteroatoms. The fraction of sp³-hybridized carbons (Fsp3) is 0.333. The van der Waals surface area contributed by atoms with E-state index in [1.54, 1.807) is 4.88 Å². The van der Waals surface area contributed by atoms with Crippen molar-refractivity contribution in [2.75, 3.05) is 0 Å². The zero-order valence-corrected chi connectivity index (χ0v) is 13.1. The maximum atomic E-state index is 6.55. The van der Waals surface area contributed by atoms with E-state index in [9.17, 15) is 0 Å². The van der Waals surface area contributed by atoms with Crippen molar-refractivity contribution in [2.24, 2.45) is 0 Å². The topological polar surface area (TPSA) is 0 Å². The lowest BCUT2D eigenvalue weighted by atomic mass is 10.1. The van der Waals surface area contributed by atoms with Gasteiger partial charge in [0.15, 0.2) is 0 Å². The first-order chi connectivity index (χ1) is 8.72. The fourth-order valence-electron chi connectivity index (χ4n) is 2.48. The fourth-order valence-corrected chi connectivity index (χ4v) is 4.53. The predicted octanol–water partition coefficient (Wildman–Crippen LogP) is 5.52. The minimum atomic E-state index is 0.106. The van der Waals surface area contributed by atoms with E-state index < -0.39 is 0 Å². The van der Waals surface area contributed by atoms with Crippen molar-refractivity contribution in [2.45, 2.75) is 31.1 Å². The van der Waals surface area contributed by atoms with Gasteiger partial charge in [-0.1, -0.05) is 28.1 Å². The van der Waals surface area contributed by atoms with Crippen LogP contribution in [0.4, 0.5) is 0 Å². The molecule has 0 amide bonds. The van der Waals surface area contributed by atoms with Gasteiger partial charge in [0.2, 0.25) is 0 Å². The van der Waals surface area contributed by atoms with Gasteiger partial charge in [0, 0.05) is 14.2 Å². The van der Waals surface area contributed by atoms with Gasteiger partial charge in [-0.15, -0.1) is 22.9 Å². The van der Waals surface area contributed by atoms with Crippen molar-refractivity contribution in [1.82, 2.24) is 0 Å². The smallest absolute Gasteiger partial charge is 0.0719 e. The second-order valence-corrected chi connectivity index (χ2v) is 7.36. The lowest BCUT2D eigenvalue weighted by Gasteiger charge is -2.08. The summed E-state index contributed by atoms with van der Waals surface area (Å²) in [5, 5.41) is 0.106. The molecule has 0 aliphatic heterocycles. The molecular formula is C15H14BrClS. The molecule has 2 aromatic rings. The summed E-state index contributed by atoms with van der Waals surface area (Å²) >= 11 is 12.0. The normalized spacial score (nSPS) is 15.7. The SMILES string of the molecule is ClC(Cc1cccc(Br)c1)c1cc2c(s1)CCC2. The number of halogens is 2. The summed E-state index contributed by atoms with van der Waals surface area (Å²) in [6, 6.07) is 10.7. The van der Waals surface area contributed by atoms with E-state index in [-0.39, 0.29) is 5.38 Å². The molecule has 0 saturated heterocycles. The van der Waals surface area contributed by atoms with Crippen LogP contribution in [-0.2, 0) is 19.3 Å². The van der Waals surface area contributed by atoms with E-state index in [2.05, 4.69) is 40.2 Å². The standard InChI is InChI=1S/C15H14BrClS/c16-12-5-1-3-10(7-12)8-13(17)15-9-11-4-2-6-14(11)18-15/h1,3,5,7,9,13H,2,4,6,8H2. The van der Waals surface area contributed by atoms with E-state index in [1.165, 1.54) is 35.3 Å². The van der Waals surface area contributed by atoms with Gasteiger partial charge < -0.3 is 0 Å². The van der Waals surface area contributed by atoms with Crippen molar-refractivity contribution < 1.29 is 0 Å². The van der Waals surface area contributed by atoms with E-state index >= 15 is 0 Å².